The molecule has 0 atom stereocenters. The molecule has 4 rings (SSSR count). The van der Waals surface area contributed by atoms with E-state index in [0.717, 1.165) is 28.9 Å². The molecule has 0 unspecified atom stereocenters. The zero-order valence-corrected chi connectivity index (χ0v) is 16.2. The van der Waals surface area contributed by atoms with Gasteiger partial charge in [0.2, 0.25) is 5.82 Å². The quantitative estimate of drug-likeness (QED) is 0.675. The summed E-state index contributed by atoms with van der Waals surface area (Å²) in [4.78, 5) is 20.5. The van der Waals surface area contributed by atoms with E-state index < -0.39 is 0 Å². The number of carbonyl (C=O) groups is 1. The molecule has 7 nitrogen and oxygen atoms in total. The Kier molecular flexibility index (Phi) is 4.73. The number of anilines is 2. The lowest BCUT2D eigenvalue weighted by molar-refractivity contribution is -0.121. The molecule has 144 valence electrons. The number of aromatic nitrogens is 2. The lowest BCUT2D eigenvalue weighted by Gasteiger charge is -2.29. The van der Waals surface area contributed by atoms with Crippen LogP contribution in [-0.2, 0) is 4.79 Å². The number of hydrogen-bond acceptors (Lipinski definition) is 6. The van der Waals surface area contributed by atoms with Crippen molar-refractivity contribution >= 4 is 17.3 Å². The summed E-state index contributed by atoms with van der Waals surface area (Å²) in [5.41, 5.74) is 3.43. The second-order valence-electron chi connectivity index (χ2n) is 6.88. The molecule has 0 N–H and O–H groups in total. The highest BCUT2D eigenvalue weighted by molar-refractivity contribution is 5.98. The molecule has 2 heterocycles. The Morgan fingerprint density at radius 2 is 2.00 bits per heavy atom. The van der Waals surface area contributed by atoms with Gasteiger partial charge in [0.05, 0.1) is 5.69 Å². The standard InChI is InChI=1S/C21H22N4O3/c1-4-10-25-17-12-14(8-9-18(17)27-13-19(25)26)20-22-21(28-23-20)15-6-5-7-16(11-15)24(2)3/h5-9,11-12H,4,10,13H2,1-3H3. The van der Waals surface area contributed by atoms with Gasteiger partial charge in [-0.1, -0.05) is 18.1 Å². The fourth-order valence-electron chi connectivity index (χ4n) is 3.19. The SMILES string of the molecule is CCCN1C(=O)COc2ccc(-c3noc(-c4cccc(N(C)C)c4)n3)cc21. The minimum atomic E-state index is -0.0409. The highest BCUT2D eigenvalue weighted by atomic mass is 16.5. The molecule has 1 aromatic heterocycles. The molecule has 0 saturated carbocycles. The molecule has 1 amide bonds. The molecule has 1 aliphatic rings. The van der Waals surface area contributed by atoms with E-state index in [-0.39, 0.29) is 12.5 Å². The highest BCUT2D eigenvalue weighted by Crippen LogP contribution is 2.36. The van der Waals surface area contributed by atoms with Crippen molar-refractivity contribution in [1.82, 2.24) is 10.1 Å². The summed E-state index contributed by atoms with van der Waals surface area (Å²) in [5, 5.41) is 4.13. The molecule has 7 heteroatoms. The van der Waals surface area contributed by atoms with Crippen LogP contribution in [0.2, 0.25) is 0 Å². The second-order valence-corrected chi connectivity index (χ2v) is 6.88. The van der Waals surface area contributed by atoms with Crippen LogP contribution in [0.4, 0.5) is 11.4 Å². The molecular formula is C21H22N4O3. The van der Waals surface area contributed by atoms with Crippen LogP contribution >= 0.6 is 0 Å². The van der Waals surface area contributed by atoms with Crippen molar-refractivity contribution in [3.05, 3.63) is 42.5 Å². The maximum Gasteiger partial charge on any atom is 0.265 e. The van der Waals surface area contributed by atoms with Crippen LogP contribution in [0.3, 0.4) is 0 Å². The molecule has 0 fully saturated rings. The van der Waals surface area contributed by atoms with Crippen molar-refractivity contribution in [3.63, 3.8) is 0 Å². The number of rotatable bonds is 5. The van der Waals surface area contributed by atoms with Crippen molar-refractivity contribution in [2.24, 2.45) is 0 Å². The monoisotopic (exact) mass is 378 g/mol. The van der Waals surface area contributed by atoms with Crippen LogP contribution in [0.5, 0.6) is 5.75 Å². The smallest absolute Gasteiger partial charge is 0.265 e. The Labute approximate surface area is 163 Å². The van der Waals surface area contributed by atoms with E-state index >= 15 is 0 Å². The Hall–Kier alpha value is -3.35. The Bertz CT molecular complexity index is 1010. The van der Waals surface area contributed by atoms with Crippen LogP contribution in [0.15, 0.2) is 47.0 Å². The minimum absolute atomic E-state index is 0.0409. The van der Waals surface area contributed by atoms with Gasteiger partial charge in [0.1, 0.15) is 5.75 Å². The van der Waals surface area contributed by atoms with Gasteiger partial charge in [-0.15, -0.1) is 0 Å². The Morgan fingerprint density at radius 3 is 2.79 bits per heavy atom. The zero-order chi connectivity index (χ0) is 19.7. The summed E-state index contributed by atoms with van der Waals surface area (Å²) in [6.07, 6.45) is 0.865. The third-order valence-electron chi connectivity index (χ3n) is 4.64. The largest absolute Gasteiger partial charge is 0.482 e. The lowest BCUT2D eigenvalue weighted by atomic mass is 10.1. The van der Waals surface area contributed by atoms with Crippen LogP contribution in [0.1, 0.15) is 13.3 Å². The molecule has 0 saturated heterocycles. The van der Waals surface area contributed by atoms with Gasteiger partial charge in [-0.05, 0) is 42.8 Å². The molecule has 1 aliphatic heterocycles. The molecule has 0 aliphatic carbocycles. The van der Waals surface area contributed by atoms with Gasteiger partial charge >= 0.3 is 0 Å². The predicted octanol–water partition coefficient (Wildman–Crippen LogP) is 3.61. The molecule has 0 spiro atoms. The first kappa shape index (κ1) is 18.0. The maximum absolute atomic E-state index is 12.2. The Morgan fingerprint density at radius 1 is 1.14 bits per heavy atom. The van der Waals surface area contributed by atoms with Gasteiger partial charge in [0, 0.05) is 37.5 Å². The first-order valence-corrected chi connectivity index (χ1v) is 9.26. The van der Waals surface area contributed by atoms with Crippen molar-refractivity contribution < 1.29 is 14.1 Å². The summed E-state index contributed by atoms with van der Waals surface area (Å²) in [6.45, 7) is 2.76. The minimum Gasteiger partial charge on any atom is -0.482 e. The predicted molar refractivity (Wildman–Crippen MR) is 108 cm³/mol. The highest BCUT2D eigenvalue weighted by Gasteiger charge is 2.26. The molecule has 3 aromatic rings. The zero-order valence-electron chi connectivity index (χ0n) is 16.2. The number of carbonyl (C=O) groups excluding carboxylic acids is 1. The average Bonchev–Trinajstić information content (AvgIpc) is 3.20. The van der Waals surface area contributed by atoms with Gasteiger partial charge in [0.15, 0.2) is 6.61 Å². The lowest BCUT2D eigenvalue weighted by Crippen LogP contribution is -2.39. The maximum atomic E-state index is 12.2. The molecular weight excluding hydrogens is 356 g/mol. The first-order valence-electron chi connectivity index (χ1n) is 9.26. The Balaban J connectivity index is 1.68. The van der Waals surface area contributed by atoms with Gasteiger partial charge in [-0.2, -0.15) is 4.98 Å². The van der Waals surface area contributed by atoms with E-state index in [1.165, 1.54) is 0 Å². The molecule has 0 radical (unpaired) electrons. The average molecular weight is 378 g/mol. The van der Waals surface area contributed by atoms with Crippen molar-refractivity contribution in [3.8, 4) is 28.6 Å². The number of hydrogen-bond donors (Lipinski definition) is 0. The topological polar surface area (TPSA) is 71.7 Å². The van der Waals surface area contributed by atoms with E-state index in [4.69, 9.17) is 9.26 Å². The molecule has 28 heavy (non-hydrogen) atoms. The normalized spacial score (nSPS) is 13.2. The fraction of sp³-hybridized carbons (Fsp3) is 0.286. The van der Waals surface area contributed by atoms with E-state index in [2.05, 4.69) is 10.1 Å². The van der Waals surface area contributed by atoms with Crippen LogP contribution in [-0.4, -0.2) is 43.3 Å². The third-order valence-corrected chi connectivity index (χ3v) is 4.64. The third kappa shape index (κ3) is 3.31. The van der Waals surface area contributed by atoms with Crippen LogP contribution in [0, 0.1) is 0 Å². The number of nitrogens with zero attached hydrogens (tertiary/aromatic N) is 4. The fourth-order valence-corrected chi connectivity index (χ4v) is 3.19. The van der Waals surface area contributed by atoms with E-state index in [0.29, 0.717) is 24.0 Å². The van der Waals surface area contributed by atoms with E-state index in [1.807, 2.05) is 68.4 Å². The van der Waals surface area contributed by atoms with Crippen molar-refractivity contribution in [2.75, 3.05) is 37.0 Å². The van der Waals surface area contributed by atoms with E-state index in [1.54, 1.807) is 4.90 Å². The number of amides is 1. The molecule has 0 bridgehead atoms. The number of fused-ring (bicyclic) bond motifs is 1. The summed E-state index contributed by atoms with van der Waals surface area (Å²) in [7, 11) is 3.97. The van der Waals surface area contributed by atoms with Crippen LogP contribution < -0.4 is 14.5 Å². The summed E-state index contributed by atoms with van der Waals surface area (Å²) < 4.78 is 11.0. The number of benzene rings is 2. The second kappa shape index (κ2) is 7.34. The summed E-state index contributed by atoms with van der Waals surface area (Å²) >= 11 is 0. The van der Waals surface area contributed by atoms with Gasteiger partial charge in [0.25, 0.3) is 11.8 Å². The number of ether oxygens (including phenoxy) is 1. The summed E-state index contributed by atoms with van der Waals surface area (Å²) in [5.74, 6) is 1.58. The van der Waals surface area contributed by atoms with Crippen molar-refractivity contribution in [2.45, 2.75) is 13.3 Å². The van der Waals surface area contributed by atoms with Gasteiger partial charge in [-0.25, -0.2) is 0 Å². The molecule has 2 aromatic carbocycles. The summed E-state index contributed by atoms with van der Waals surface area (Å²) in [6, 6.07) is 13.5. The van der Waals surface area contributed by atoms with Gasteiger partial charge in [-0.3, -0.25) is 4.79 Å². The first-order chi connectivity index (χ1) is 13.6. The van der Waals surface area contributed by atoms with E-state index in [9.17, 15) is 4.79 Å². The van der Waals surface area contributed by atoms with Crippen molar-refractivity contribution in [1.29, 1.82) is 0 Å². The van der Waals surface area contributed by atoms with Gasteiger partial charge < -0.3 is 19.1 Å². The van der Waals surface area contributed by atoms with Crippen LogP contribution in [0.25, 0.3) is 22.8 Å².